The number of fused-ring (bicyclic) bond motifs is 1. The maximum atomic E-state index is 11.7. The van der Waals surface area contributed by atoms with Crippen LogP contribution in [0.4, 0.5) is 0 Å². The number of nitrogens with zero attached hydrogens (tertiary/aromatic N) is 2. The highest BCUT2D eigenvalue weighted by Gasteiger charge is 2.15. The maximum Gasteiger partial charge on any atom is 0.175 e. The molecule has 2 heterocycles. The Labute approximate surface area is 174 Å². The minimum absolute atomic E-state index is 0.224. The lowest BCUT2D eigenvalue weighted by Crippen LogP contribution is -1.97. The van der Waals surface area contributed by atoms with Gasteiger partial charge in [-0.1, -0.05) is 24.6 Å². The van der Waals surface area contributed by atoms with Crippen molar-refractivity contribution >= 4 is 27.1 Å². The van der Waals surface area contributed by atoms with E-state index in [2.05, 4.69) is 11.9 Å². The molecule has 0 N–H and O–H groups in total. The van der Waals surface area contributed by atoms with Gasteiger partial charge in [0.1, 0.15) is 11.5 Å². The van der Waals surface area contributed by atoms with Gasteiger partial charge in [0.2, 0.25) is 0 Å². The predicted molar refractivity (Wildman–Crippen MR) is 115 cm³/mol. The minimum Gasteiger partial charge on any atom is -0.457 e. The van der Waals surface area contributed by atoms with Crippen molar-refractivity contribution < 1.29 is 13.2 Å². The first-order chi connectivity index (χ1) is 13.9. The van der Waals surface area contributed by atoms with E-state index in [-0.39, 0.29) is 4.90 Å². The first-order valence-corrected chi connectivity index (χ1v) is 11.4. The van der Waals surface area contributed by atoms with Crippen molar-refractivity contribution in [2.75, 3.05) is 6.26 Å². The molecule has 0 bridgehead atoms. The fraction of sp³-hybridized carbons (Fsp3) is 0.136. The summed E-state index contributed by atoms with van der Waals surface area (Å²) in [6.45, 7) is 2.06. The number of ether oxygens (including phenoxy) is 1. The number of hydrogen-bond acceptors (Lipinski definition) is 4. The van der Waals surface area contributed by atoms with E-state index in [0.29, 0.717) is 16.5 Å². The van der Waals surface area contributed by atoms with Crippen LogP contribution in [0.3, 0.4) is 0 Å². The van der Waals surface area contributed by atoms with E-state index in [1.165, 1.54) is 12.3 Å². The van der Waals surface area contributed by atoms with E-state index in [4.69, 9.17) is 16.3 Å². The number of benzene rings is 2. The zero-order chi connectivity index (χ0) is 20.6. The summed E-state index contributed by atoms with van der Waals surface area (Å²) < 4.78 is 31.3. The Kier molecular flexibility index (Phi) is 5.06. The van der Waals surface area contributed by atoms with Gasteiger partial charge in [0.25, 0.3) is 0 Å². The largest absolute Gasteiger partial charge is 0.457 e. The molecule has 0 saturated heterocycles. The van der Waals surface area contributed by atoms with Gasteiger partial charge in [0, 0.05) is 18.0 Å². The molecule has 0 radical (unpaired) electrons. The summed E-state index contributed by atoms with van der Waals surface area (Å²) in [5.74, 6) is 1.08. The van der Waals surface area contributed by atoms with Crippen molar-refractivity contribution in [3.05, 3.63) is 77.6 Å². The van der Waals surface area contributed by atoms with E-state index in [0.717, 1.165) is 29.0 Å². The number of aromatic nitrogens is 2. The van der Waals surface area contributed by atoms with E-state index in [1.807, 2.05) is 47.0 Å². The quantitative estimate of drug-likeness (QED) is 0.428. The second-order valence-corrected chi connectivity index (χ2v) is 9.11. The van der Waals surface area contributed by atoms with Crippen molar-refractivity contribution in [3.63, 3.8) is 0 Å². The van der Waals surface area contributed by atoms with Gasteiger partial charge in [0.05, 0.1) is 21.3 Å². The third-order valence-electron chi connectivity index (χ3n) is 4.61. The van der Waals surface area contributed by atoms with Gasteiger partial charge in [-0.05, 0) is 61.0 Å². The molecule has 0 amide bonds. The average molecular weight is 427 g/mol. The normalized spacial score (nSPS) is 11.7. The van der Waals surface area contributed by atoms with Crippen LogP contribution >= 0.6 is 11.6 Å². The molecule has 4 rings (SSSR count). The molecular formula is C22H19ClN2O3S. The van der Waals surface area contributed by atoms with Crippen molar-refractivity contribution in [1.29, 1.82) is 0 Å². The number of hydrogen-bond donors (Lipinski definition) is 0. The Morgan fingerprint density at radius 1 is 1.03 bits per heavy atom. The number of aryl methyl sites for hydroxylation is 1. The second-order valence-electron chi connectivity index (χ2n) is 6.68. The molecule has 4 aromatic rings. The lowest BCUT2D eigenvalue weighted by Gasteiger charge is -2.09. The molecule has 0 spiro atoms. The highest BCUT2D eigenvalue weighted by Crippen LogP contribution is 2.31. The summed E-state index contributed by atoms with van der Waals surface area (Å²) in [6.07, 6.45) is 3.90. The fourth-order valence-corrected chi connectivity index (χ4v) is 4.08. The fourth-order valence-electron chi connectivity index (χ4n) is 3.22. The third kappa shape index (κ3) is 3.86. The summed E-state index contributed by atoms with van der Waals surface area (Å²) in [7, 11) is -3.29. The first-order valence-electron chi connectivity index (χ1n) is 9.10. The number of sulfone groups is 1. The molecule has 0 fully saturated rings. The molecule has 0 aliphatic rings. The number of imidazole rings is 1. The molecule has 5 nitrogen and oxygen atoms in total. The van der Waals surface area contributed by atoms with Crippen LogP contribution in [0.2, 0.25) is 5.02 Å². The molecule has 2 aromatic carbocycles. The minimum atomic E-state index is -3.29. The van der Waals surface area contributed by atoms with Gasteiger partial charge < -0.3 is 4.74 Å². The molecule has 7 heteroatoms. The van der Waals surface area contributed by atoms with Gasteiger partial charge in [-0.25, -0.2) is 13.4 Å². The zero-order valence-electron chi connectivity index (χ0n) is 16.0. The lowest BCUT2D eigenvalue weighted by atomic mass is 10.1. The van der Waals surface area contributed by atoms with Gasteiger partial charge in [-0.2, -0.15) is 0 Å². The molecule has 0 atom stereocenters. The second kappa shape index (κ2) is 7.54. The van der Waals surface area contributed by atoms with Gasteiger partial charge in [-0.3, -0.25) is 4.40 Å². The van der Waals surface area contributed by atoms with Crippen LogP contribution in [0.25, 0.3) is 16.9 Å². The summed E-state index contributed by atoms with van der Waals surface area (Å²) in [5, 5.41) is 0.610. The summed E-state index contributed by atoms with van der Waals surface area (Å²) in [5.41, 5.74) is 3.69. The molecule has 0 unspecified atom stereocenters. The number of halogens is 1. The molecule has 148 valence electrons. The van der Waals surface area contributed by atoms with Crippen LogP contribution < -0.4 is 4.74 Å². The zero-order valence-corrected chi connectivity index (χ0v) is 17.5. The van der Waals surface area contributed by atoms with Crippen LogP contribution in [0.1, 0.15) is 12.6 Å². The van der Waals surface area contributed by atoms with Crippen LogP contribution in [-0.4, -0.2) is 24.1 Å². The van der Waals surface area contributed by atoms with E-state index in [1.54, 1.807) is 18.2 Å². The van der Waals surface area contributed by atoms with E-state index >= 15 is 0 Å². The molecule has 0 aliphatic carbocycles. The first kappa shape index (κ1) is 19.5. The highest BCUT2D eigenvalue weighted by atomic mass is 35.5. The predicted octanol–water partition coefficient (Wildman–Crippen LogP) is 5.41. The van der Waals surface area contributed by atoms with Crippen LogP contribution in [0.15, 0.2) is 71.8 Å². The SMILES string of the molecule is CCc1nc2c(Cl)cccn2c1-c1ccc(Oc2cccc(S(C)(=O)=O)c2)cc1. The third-order valence-corrected chi connectivity index (χ3v) is 6.01. The van der Waals surface area contributed by atoms with Crippen molar-refractivity contribution in [2.45, 2.75) is 18.2 Å². The van der Waals surface area contributed by atoms with Crippen LogP contribution in [0.5, 0.6) is 11.5 Å². The van der Waals surface area contributed by atoms with Gasteiger partial charge in [-0.15, -0.1) is 0 Å². The van der Waals surface area contributed by atoms with Gasteiger partial charge in [0.15, 0.2) is 15.5 Å². The van der Waals surface area contributed by atoms with E-state index < -0.39 is 9.84 Å². The highest BCUT2D eigenvalue weighted by molar-refractivity contribution is 7.90. The van der Waals surface area contributed by atoms with E-state index in [9.17, 15) is 8.42 Å². The van der Waals surface area contributed by atoms with Crippen molar-refractivity contribution in [1.82, 2.24) is 9.38 Å². The lowest BCUT2D eigenvalue weighted by molar-refractivity contribution is 0.481. The Balaban J connectivity index is 1.68. The monoisotopic (exact) mass is 426 g/mol. The summed E-state index contributed by atoms with van der Waals surface area (Å²) in [4.78, 5) is 4.90. The Bertz CT molecular complexity index is 1300. The van der Waals surface area contributed by atoms with Crippen LogP contribution in [-0.2, 0) is 16.3 Å². The summed E-state index contributed by atoms with van der Waals surface area (Å²) >= 11 is 6.30. The number of rotatable bonds is 5. The maximum absolute atomic E-state index is 11.7. The average Bonchev–Trinajstić information content (AvgIpc) is 3.08. The van der Waals surface area contributed by atoms with Crippen molar-refractivity contribution in [3.8, 4) is 22.8 Å². The Morgan fingerprint density at radius 2 is 1.79 bits per heavy atom. The molecule has 29 heavy (non-hydrogen) atoms. The molecular weight excluding hydrogens is 408 g/mol. The standard InChI is InChI=1S/C22H19ClN2O3S/c1-3-20-21(25-13-5-8-19(23)22(25)24-20)15-9-11-16(12-10-15)28-17-6-4-7-18(14-17)29(2,26)27/h4-14H,3H2,1-2H3. The number of pyridine rings is 1. The van der Waals surface area contributed by atoms with Crippen LogP contribution in [0, 0.1) is 0 Å². The Morgan fingerprint density at radius 3 is 2.48 bits per heavy atom. The smallest absolute Gasteiger partial charge is 0.175 e. The summed E-state index contributed by atoms with van der Waals surface area (Å²) in [6, 6.07) is 17.8. The Hall–Kier alpha value is -2.83. The molecule has 0 saturated carbocycles. The van der Waals surface area contributed by atoms with Gasteiger partial charge >= 0.3 is 0 Å². The molecule has 2 aromatic heterocycles. The van der Waals surface area contributed by atoms with Crippen molar-refractivity contribution in [2.24, 2.45) is 0 Å². The molecule has 0 aliphatic heterocycles. The topological polar surface area (TPSA) is 60.7 Å².